The van der Waals surface area contributed by atoms with Gasteiger partial charge in [-0.15, -0.1) is 0 Å². The van der Waals surface area contributed by atoms with Crippen molar-refractivity contribution in [3.05, 3.63) is 54.2 Å². The summed E-state index contributed by atoms with van der Waals surface area (Å²) >= 11 is 0. The van der Waals surface area contributed by atoms with E-state index in [4.69, 9.17) is 4.74 Å². The number of nitrogens with one attached hydrogen (secondary N) is 2. The summed E-state index contributed by atoms with van der Waals surface area (Å²) in [6.45, 7) is 6.46. The summed E-state index contributed by atoms with van der Waals surface area (Å²) in [7, 11) is 1.73. The predicted octanol–water partition coefficient (Wildman–Crippen LogP) is 2.87. The molecule has 1 fully saturated rings. The second kappa shape index (κ2) is 10.8. The zero-order valence-electron chi connectivity index (χ0n) is 18.4. The van der Waals surface area contributed by atoms with E-state index >= 15 is 0 Å². The lowest BCUT2D eigenvalue weighted by atomic mass is 10.2. The molecule has 0 spiro atoms. The monoisotopic (exact) mass is 425 g/mol. The third kappa shape index (κ3) is 6.96. The van der Waals surface area contributed by atoms with Gasteiger partial charge in [-0.1, -0.05) is 30.3 Å². The molecule has 2 aromatic rings. The predicted molar refractivity (Wildman–Crippen MR) is 121 cm³/mol. The van der Waals surface area contributed by atoms with Crippen LogP contribution in [0.4, 0.5) is 16.3 Å². The quantitative estimate of drug-likeness (QED) is 0.712. The SMILES string of the molecule is CC1CN(c2ccc(NC(=O)CCNC(=O)N(C)Cc3ccccc3)cn2)CC(C)O1. The highest BCUT2D eigenvalue weighted by Crippen LogP contribution is 2.19. The second-order valence-electron chi connectivity index (χ2n) is 7.94. The van der Waals surface area contributed by atoms with Crippen LogP contribution in [0.25, 0.3) is 0 Å². The normalized spacial score (nSPS) is 18.4. The van der Waals surface area contributed by atoms with Gasteiger partial charge in [0.2, 0.25) is 5.91 Å². The van der Waals surface area contributed by atoms with Crippen molar-refractivity contribution in [2.45, 2.75) is 39.0 Å². The van der Waals surface area contributed by atoms with Crippen molar-refractivity contribution in [3.63, 3.8) is 0 Å². The van der Waals surface area contributed by atoms with E-state index in [0.29, 0.717) is 12.2 Å². The molecule has 1 aromatic heterocycles. The van der Waals surface area contributed by atoms with Crippen LogP contribution in [0, 0.1) is 0 Å². The molecule has 2 atom stereocenters. The summed E-state index contributed by atoms with van der Waals surface area (Å²) < 4.78 is 5.75. The fraction of sp³-hybridized carbons (Fsp3) is 0.435. The first-order chi connectivity index (χ1) is 14.9. The number of benzene rings is 1. The molecule has 2 N–H and O–H groups in total. The van der Waals surface area contributed by atoms with Gasteiger partial charge in [0.25, 0.3) is 0 Å². The van der Waals surface area contributed by atoms with Gasteiger partial charge in [-0.3, -0.25) is 4.79 Å². The third-order valence-corrected chi connectivity index (χ3v) is 5.01. The minimum atomic E-state index is -0.211. The number of amides is 3. The summed E-state index contributed by atoms with van der Waals surface area (Å²) in [6.07, 6.45) is 2.16. The zero-order chi connectivity index (χ0) is 22.2. The van der Waals surface area contributed by atoms with E-state index in [9.17, 15) is 9.59 Å². The van der Waals surface area contributed by atoms with Crippen LogP contribution in [0.1, 0.15) is 25.8 Å². The van der Waals surface area contributed by atoms with Gasteiger partial charge < -0.3 is 25.2 Å². The Hall–Kier alpha value is -3.13. The number of rotatable bonds is 7. The Morgan fingerprint density at radius 1 is 1.13 bits per heavy atom. The molecule has 3 amide bonds. The summed E-state index contributed by atoms with van der Waals surface area (Å²) in [5.74, 6) is 0.697. The molecule has 2 heterocycles. The number of hydrogen-bond acceptors (Lipinski definition) is 5. The van der Waals surface area contributed by atoms with Gasteiger partial charge in [-0.05, 0) is 31.5 Å². The molecule has 1 aliphatic rings. The molecule has 0 saturated carbocycles. The van der Waals surface area contributed by atoms with Gasteiger partial charge >= 0.3 is 6.03 Å². The number of hydrogen-bond donors (Lipinski definition) is 2. The maximum absolute atomic E-state index is 12.2. The molecule has 166 valence electrons. The van der Waals surface area contributed by atoms with Crippen LogP contribution in [0.2, 0.25) is 0 Å². The lowest BCUT2D eigenvalue weighted by Gasteiger charge is -2.36. The fourth-order valence-corrected chi connectivity index (χ4v) is 3.58. The Morgan fingerprint density at radius 3 is 2.48 bits per heavy atom. The van der Waals surface area contributed by atoms with Gasteiger partial charge in [-0.25, -0.2) is 9.78 Å². The van der Waals surface area contributed by atoms with Gasteiger partial charge in [-0.2, -0.15) is 0 Å². The molecule has 0 radical (unpaired) electrons. The number of carbonyl (C=O) groups excluding carboxylic acids is 2. The number of morpholine rings is 1. The van der Waals surface area contributed by atoms with Crippen molar-refractivity contribution in [2.75, 3.05) is 36.9 Å². The van der Waals surface area contributed by atoms with Gasteiger partial charge in [0.15, 0.2) is 0 Å². The Balaban J connectivity index is 1.40. The van der Waals surface area contributed by atoms with E-state index in [0.717, 1.165) is 24.5 Å². The van der Waals surface area contributed by atoms with Gasteiger partial charge in [0.1, 0.15) is 5.82 Å². The molecular weight excluding hydrogens is 394 g/mol. The Labute approximate surface area is 183 Å². The van der Waals surface area contributed by atoms with E-state index in [2.05, 4.69) is 34.4 Å². The highest BCUT2D eigenvalue weighted by Gasteiger charge is 2.23. The van der Waals surface area contributed by atoms with E-state index in [1.165, 1.54) is 0 Å². The minimum Gasteiger partial charge on any atom is -0.372 e. The lowest BCUT2D eigenvalue weighted by molar-refractivity contribution is -0.116. The smallest absolute Gasteiger partial charge is 0.317 e. The molecular formula is C23H31N5O3. The first-order valence-electron chi connectivity index (χ1n) is 10.6. The summed E-state index contributed by atoms with van der Waals surface area (Å²) in [5.41, 5.74) is 1.69. The minimum absolute atomic E-state index is 0.159. The largest absolute Gasteiger partial charge is 0.372 e. The van der Waals surface area contributed by atoms with Crippen LogP contribution < -0.4 is 15.5 Å². The van der Waals surface area contributed by atoms with Crippen molar-refractivity contribution < 1.29 is 14.3 Å². The Kier molecular flexibility index (Phi) is 7.83. The average Bonchev–Trinajstić information content (AvgIpc) is 2.74. The van der Waals surface area contributed by atoms with Crippen molar-refractivity contribution >= 4 is 23.4 Å². The highest BCUT2D eigenvalue weighted by atomic mass is 16.5. The standard InChI is InChI=1S/C23H31N5O3/c1-17-14-28(15-18(2)31-17)21-10-9-20(13-25-21)26-22(29)11-12-24-23(30)27(3)16-19-7-5-4-6-8-19/h4-10,13,17-18H,11-12,14-16H2,1-3H3,(H,24,30)(H,26,29). The number of ether oxygens (including phenoxy) is 1. The maximum atomic E-state index is 12.2. The second-order valence-corrected chi connectivity index (χ2v) is 7.94. The number of aromatic nitrogens is 1. The molecule has 0 aliphatic carbocycles. The zero-order valence-corrected chi connectivity index (χ0v) is 18.4. The number of urea groups is 1. The molecule has 1 saturated heterocycles. The number of nitrogens with zero attached hydrogens (tertiary/aromatic N) is 3. The summed E-state index contributed by atoms with van der Waals surface area (Å²) in [4.78, 5) is 32.6. The molecule has 8 heteroatoms. The van der Waals surface area contributed by atoms with Crippen LogP contribution in [0.5, 0.6) is 0 Å². The van der Waals surface area contributed by atoms with E-state index in [-0.39, 0.29) is 37.1 Å². The van der Waals surface area contributed by atoms with E-state index in [1.54, 1.807) is 18.1 Å². The van der Waals surface area contributed by atoms with Crippen molar-refractivity contribution in [2.24, 2.45) is 0 Å². The van der Waals surface area contributed by atoms with Crippen LogP contribution in [0.15, 0.2) is 48.7 Å². The topological polar surface area (TPSA) is 86.8 Å². The maximum Gasteiger partial charge on any atom is 0.317 e. The van der Waals surface area contributed by atoms with Crippen LogP contribution in [-0.2, 0) is 16.1 Å². The summed E-state index contributed by atoms with van der Waals surface area (Å²) in [6, 6.07) is 13.3. The van der Waals surface area contributed by atoms with Crippen LogP contribution >= 0.6 is 0 Å². The molecule has 8 nitrogen and oxygen atoms in total. The fourth-order valence-electron chi connectivity index (χ4n) is 3.58. The summed E-state index contributed by atoms with van der Waals surface area (Å²) in [5, 5.41) is 5.59. The van der Waals surface area contributed by atoms with Crippen molar-refractivity contribution in [1.29, 1.82) is 0 Å². The van der Waals surface area contributed by atoms with Crippen molar-refractivity contribution in [1.82, 2.24) is 15.2 Å². The molecule has 0 bridgehead atoms. The highest BCUT2D eigenvalue weighted by molar-refractivity contribution is 5.91. The van der Waals surface area contributed by atoms with E-state index < -0.39 is 0 Å². The first kappa shape index (κ1) is 22.6. The van der Waals surface area contributed by atoms with E-state index in [1.807, 2.05) is 42.5 Å². The number of anilines is 2. The molecule has 31 heavy (non-hydrogen) atoms. The Morgan fingerprint density at radius 2 is 1.84 bits per heavy atom. The molecule has 1 aromatic carbocycles. The number of carbonyl (C=O) groups is 2. The third-order valence-electron chi connectivity index (χ3n) is 5.01. The van der Waals surface area contributed by atoms with Gasteiger partial charge in [0, 0.05) is 39.6 Å². The van der Waals surface area contributed by atoms with Crippen LogP contribution in [0.3, 0.4) is 0 Å². The van der Waals surface area contributed by atoms with Gasteiger partial charge in [0.05, 0.1) is 24.1 Å². The molecule has 2 unspecified atom stereocenters. The Bertz CT molecular complexity index is 849. The first-order valence-corrected chi connectivity index (χ1v) is 10.6. The average molecular weight is 426 g/mol. The van der Waals surface area contributed by atoms with Crippen molar-refractivity contribution in [3.8, 4) is 0 Å². The lowest BCUT2D eigenvalue weighted by Crippen LogP contribution is -2.45. The van der Waals surface area contributed by atoms with Crippen LogP contribution in [-0.4, -0.2) is 60.7 Å². The molecule has 3 rings (SSSR count). The molecule has 1 aliphatic heterocycles. The number of pyridine rings is 1.